The maximum absolute atomic E-state index is 13.2. The second kappa shape index (κ2) is 9.52. The molecule has 4 rings (SSSR count). The molecule has 2 aromatic rings. The van der Waals surface area contributed by atoms with E-state index in [-0.39, 0.29) is 17.3 Å². The van der Waals surface area contributed by atoms with Crippen LogP contribution in [0.3, 0.4) is 0 Å². The molecule has 10 heteroatoms. The first kappa shape index (κ1) is 23.8. The number of methoxy groups -OCH3 is 1. The monoisotopic (exact) mass is 494 g/mol. The fraction of sp³-hybridized carbons (Fsp3) is 0.478. The van der Waals surface area contributed by atoms with E-state index in [0.717, 1.165) is 41.8 Å². The molecule has 1 aromatic carbocycles. The number of rotatable bonds is 5. The van der Waals surface area contributed by atoms with Gasteiger partial charge in [0.05, 0.1) is 23.5 Å². The number of fused-ring (bicyclic) bond motifs is 1. The number of piperidine rings is 1. The Morgan fingerprint density at radius 1 is 1.21 bits per heavy atom. The third-order valence-corrected chi connectivity index (χ3v) is 9.39. The quantitative estimate of drug-likeness (QED) is 0.638. The lowest BCUT2D eigenvalue weighted by atomic mass is 9.88. The lowest BCUT2D eigenvalue weighted by Gasteiger charge is -2.31. The summed E-state index contributed by atoms with van der Waals surface area (Å²) in [4.78, 5) is 26.7. The van der Waals surface area contributed by atoms with Crippen molar-refractivity contribution in [3.8, 4) is 0 Å². The van der Waals surface area contributed by atoms with Crippen molar-refractivity contribution < 1.29 is 27.1 Å². The number of amides is 1. The molecule has 1 saturated heterocycles. The number of carbonyl (C=O) groups is 2. The Morgan fingerprint density at radius 2 is 1.94 bits per heavy atom. The van der Waals surface area contributed by atoms with Gasteiger partial charge in [-0.2, -0.15) is 4.31 Å². The Bertz CT molecular complexity index is 1160. The number of hydrogen-bond donors (Lipinski definition) is 1. The topological polar surface area (TPSA) is 92.8 Å². The number of esters is 1. The summed E-state index contributed by atoms with van der Waals surface area (Å²) in [5.74, 6) is -1.35. The smallest absolute Gasteiger partial charge is 0.341 e. The maximum atomic E-state index is 13.2. The molecule has 2 aliphatic rings. The van der Waals surface area contributed by atoms with Crippen LogP contribution < -0.4 is 5.32 Å². The van der Waals surface area contributed by atoms with Gasteiger partial charge in [-0.3, -0.25) is 4.79 Å². The molecular weight excluding hydrogens is 467 g/mol. The molecule has 1 aromatic heterocycles. The zero-order chi connectivity index (χ0) is 23.8. The Balaban J connectivity index is 1.53. The molecule has 0 saturated carbocycles. The van der Waals surface area contributed by atoms with Gasteiger partial charge in [-0.15, -0.1) is 11.3 Å². The van der Waals surface area contributed by atoms with Crippen LogP contribution >= 0.6 is 11.3 Å². The van der Waals surface area contributed by atoms with E-state index in [1.54, 1.807) is 0 Å². The van der Waals surface area contributed by atoms with Gasteiger partial charge in [0.2, 0.25) is 15.9 Å². The summed E-state index contributed by atoms with van der Waals surface area (Å²) in [6, 6.07) is 4.67. The van der Waals surface area contributed by atoms with Crippen LogP contribution in [0.15, 0.2) is 29.2 Å². The highest BCUT2D eigenvalue weighted by atomic mass is 32.2. The average Bonchev–Trinajstić information content (AvgIpc) is 3.15. The molecule has 0 spiro atoms. The second-order valence-corrected chi connectivity index (χ2v) is 11.7. The van der Waals surface area contributed by atoms with Crippen LogP contribution in [0.1, 0.15) is 47.0 Å². The van der Waals surface area contributed by atoms with Crippen molar-refractivity contribution >= 4 is 38.2 Å². The predicted molar refractivity (Wildman–Crippen MR) is 123 cm³/mol. The zero-order valence-electron chi connectivity index (χ0n) is 18.6. The van der Waals surface area contributed by atoms with Gasteiger partial charge in [-0.1, -0.05) is 6.92 Å². The minimum absolute atomic E-state index is 0.00186. The van der Waals surface area contributed by atoms with E-state index in [2.05, 4.69) is 12.2 Å². The van der Waals surface area contributed by atoms with Crippen LogP contribution in [0.4, 0.5) is 9.39 Å². The van der Waals surface area contributed by atoms with Crippen molar-refractivity contribution in [2.75, 3.05) is 25.5 Å². The molecule has 2 atom stereocenters. The highest BCUT2D eigenvalue weighted by Gasteiger charge is 2.35. The van der Waals surface area contributed by atoms with Gasteiger partial charge >= 0.3 is 5.97 Å². The lowest BCUT2D eigenvalue weighted by Crippen LogP contribution is -2.43. The first-order chi connectivity index (χ1) is 15.7. The first-order valence-corrected chi connectivity index (χ1v) is 13.3. The Labute approximate surface area is 197 Å². The number of nitrogens with zero attached hydrogens (tertiary/aromatic N) is 1. The molecular formula is C23H27FN2O5S2. The van der Waals surface area contributed by atoms with E-state index in [4.69, 9.17) is 4.74 Å². The summed E-state index contributed by atoms with van der Waals surface area (Å²) in [6.45, 7) is 2.49. The molecule has 2 heterocycles. The van der Waals surface area contributed by atoms with Crippen molar-refractivity contribution in [3.05, 3.63) is 46.1 Å². The van der Waals surface area contributed by atoms with Gasteiger partial charge in [-0.25, -0.2) is 17.6 Å². The van der Waals surface area contributed by atoms with Crippen LogP contribution in [-0.4, -0.2) is 44.8 Å². The van der Waals surface area contributed by atoms with Crippen LogP contribution in [-0.2, 0) is 32.4 Å². The molecule has 0 radical (unpaired) electrons. The summed E-state index contributed by atoms with van der Waals surface area (Å²) < 4.78 is 45.4. The largest absolute Gasteiger partial charge is 0.465 e. The number of thiophene rings is 1. The van der Waals surface area contributed by atoms with Gasteiger partial charge in [0.1, 0.15) is 10.8 Å². The van der Waals surface area contributed by atoms with Crippen molar-refractivity contribution in [2.45, 2.75) is 43.9 Å². The normalized spacial score (nSPS) is 21.3. The number of nitrogens with one attached hydrogen (secondary N) is 1. The van der Waals surface area contributed by atoms with Crippen LogP contribution in [0, 0.1) is 17.7 Å². The number of carbonyl (C=O) groups excluding carboxylic acids is 2. The van der Waals surface area contributed by atoms with Crippen molar-refractivity contribution in [3.63, 3.8) is 0 Å². The van der Waals surface area contributed by atoms with Gasteiger partial charge in [-0.05, 0) is 67.9 Å². The van der Waals surface area contributed by atoms with Crippen molar-refractivity contribution in [2.24, 2.45) is 11.8 Å². The number of benzene rings is 1. The van der Waals surface area contributed by atoms with E-state index in [0.29, 0.717) is 35.9 Å². The first-order valence-electron chi connectivity index (χ1n) is 11.0. The SMILES string of the molecule is COC(=O)c1c(NC(=O)C2CCCN(S(=O)(=O)c3ccc(F)cc3)C2)sc2c1CCC(C)C2. The Hall–Kier alpha value is -2.30. The molecule has 1 N–H and O–H groups in total. The number of anilines is 1. The molecule has 0 bridgehead atoms. The minimum atomic E-state index is -3.84. The molecule has 2 unspecified atom stereocenters. The lowest BCUT2D eigenvalue weighted by molar-refractivity contribution is -0.120. The molecule has 1 aliphatic heterocycles. The summed E-state index contributed by atoms with van der Waals surface area (Å²) in [7, 11) is -2.51. The van der Waals surface area contributed by atoms with E-state index >= 15 is 0 Å². The molecule has 7 nitrogen and oxygen atoms in total. The second-order valence-electron chi connectivity index (χ2n) is 8.69. The molecule has 1 amide bonds. The van der Waals surface area contributed by atoms with Crippen molar-refractivity contribution in [1.82, 2.24) is 4.31 Å². The van der Waals surface area contributed by atoms with Gasteiger partial charge in [0.15, 0.2) is 0 Å². The van der Waals surface area contributed by atoms with E-state index in [1.807, 2.05) is 0 Å². The summed E-state index contributed by atoms with van der Waals surface area (Å²) >= 11 is 1.41. The number of halogens is 1. The molecule has 1 fully saturated rings. The predicted octanol–water partition coefficient (Wildman–Crippen LogP) is 3.84. The molecule has 178 valence electrons. The maximum Gasteiger partial charge on any atom is 0.341 e. The van der Waals surface area contributed by atoms with Crippen molar-refractivity contribution in [1.29, 1.82) is 0 Å². The number of sulfonamides is 1. The summed E-state index contributed by atoms with van der Waals surface area (Å²) in [5, 5.41) is 3.37. The van der Waals surface area contributed by atoms with E-state index < -0.39 is 27.7 Å². The highest BCUT2D eigenvalue weighted by molar-refractivity contribution is 7.89. The Morgan fingerprint density at radius 3 is 2.64 bits per heavy atom. The molecule has 1 aliphatic carbocycles. The number of ether oxygens (including phenoxy) is 1. The highest BCUT2D eigenvalue weighted by Crippen LogP contribution is 2.40. The fourth-order valence-electron chi connectivity index (χ4n) is 4.50. The van der Waals surface area contributed by atoms with Gasteiger partial charge < -0.3 is 10.1 Å². The standard InChI is InChI=1S/C23H27FN2O5S2/c1-14-5-10-18-19(12-14)32-22(20(18)23(28)31-2)25-21(27)15-4-3-11-26(13-15)33(29,30)17-8-6-16(24)7-9-17/h6-9,14-15H,3-5,10-13H2,1-2H3,(H,25,27). The number of hydrogen-bond acceptors (Lipinski definition) is 6. The molecule has 33 heavy (non-hydrogen) atoms. The van der Waals surface area contributed by atoms with Gasteiger partial charge in [0.25, 0.3) is 0 Å². The van der Waals surface area contributed by atoms with E-state index in [9.17, 15) is 22.4 Å². The summed E-state index contributed by atoms with van der Waals surface area (Å²) in [5.41, 5.74) is 1.37. The summed E-state index contributed by atoms with van der Waals surface area (Å²) in [6.07, 6.45) is 3.66. The third kappa shape index (κ3) is 4.83. The Kier molecular flexibility index (Phi) is 6.88. The fourth-order valence-corrected chi connectivity index (χ4v) is 7.43. The average molecular weight is 495 g/mol. The van der Waals surface area contributed by atoms with Crippen LogP contribution in [0.5, 0.6) is 0 Å². The third-order valence-electron chi connectivity index (χ3n) is 6.34. The van der Waals surface area contributed by atoms with Gasteiger partial charge in [0, 0.05) is 18.0 Å². The van der Waals surface area contributed by atoms with Crippen LogP contribution in [0.2, 0.25) is 0 Å². The zero-order valence-corrected chi connectivity index (χ0v) is 20.2. The minimum Gasteiger partial charge on any atom is -0.465 e. The van der Waals surface area contributed by atoms with Crippen LogP contribution in [0.25, 0.3) is 0 Å². The van der Waals surface area contributed by atoms with E-state index in [1.165, 1.54) is 34.9 Å².